The molecule has 0 aromatic heterocycles. The van der Waals surface area contributed by atoms with E-state index in [1.54, 1.807) is 0 Å². The molecule has 0 spiro atoms. The molecule has 1 aromatic rings. The van der Waals surface area contributed by atoms with Crippen molar-refractivity contribution in [2.45, 2.75) is 71.4 Å². The predicted molar refractivity (Wildman–Crippen MR) is 89.8 cm³/mol. The highest BCUT2D eigenvalue weighted by atomic mass is 16.5. The Hall–Kier alpha value is -1.02. The molecule has 2 heteroatoms. The zero-order chi connectivity index (χ0) is 15.1. The van der Waals surface area contributed by atoms with Gasteiger partial charge in [0.05, 0.1) is 6.10 Å². The molecule has 0 bridgehead atoms. The minimum Gasteiger partial charge on any atom is -0.490 e. The zero-order valence-corrected chi connectivity index (χ0v) is 13.9. The number of ether oxygens (including phenoxy) is 1. The van der Waals surface area contributed by atoms with Crippen molar-refractivity contribution in [3.8, 4) is 5.75 Å². The van der Waals surface area contributed by atoms with Gasteiger partial charge in [0.15, 0.2) is 0 Å². The van der Waals surface area contributed by atoms with E-state index in [0.717, 1.165) is 24.6 Å². The van der Waals surface area contributed by atoms with Crippen LogP contribution in [0.2, 0.25) is 0 Å². The average molecular weight is 289 g/mol. The van der Waals surface area contributed by atoms with Gasteiger partial charge in [-0.15, -0.1) is 0 Å². The van der Waals surface area contributed by atoms with E-state index in [1.807, 2.05) is 0 Å². The van der Waals surface area contributed by atoms with Crippen molar-refractivity contribution in [1.29, 1.82) is 0 Å². The van der Waals surface area contributed by atoms with Gasteiger partial charge in [-0.2, -0.15) is 0 Å². The van der Waals surface area contributed by atoms with Gasteiger partial charge in [-0.25, -0.2) is 0 Å². The van der Waals surface area contributed by atoms with Gasteiger partial charge in [0.1, 0.15) is 5.75 Å². The Balaban J connectivity index is 1.87. The monoisotopic (exact) mass is 289 g/mol. The van der Waals surface area contributed by atoms with Crippen molar-refractivity contribution in [1.82, 2.24) is 5.32 Å². The van der Waals surface area contributed by atoms with Crippen LogP contribution in [0.1, 0.15) is 70.9 Å². The topological polar surface area (TPSA) is 21.3 Å². The molecule has 1 unspecified atom stereocenters. The highest BCUT2D eigenvalue weighted by molar-refractivity contribution is 5.29. The van der Waals surface area contributed by atoms with E-state index in [9.17, 15) is 0 Å². The van der Waals surface area contributed by atoms with Crippen molar-refractivity contribution in [3.63, 3.8) is 0 Å². The van der Waals surface area contributed by atoms with Crippen molar-refractivity contribution in [2.75, 3.05) is 6.54 Å². The molecule has 2 nitrogen and oxygen atoms in total. The Kier molecular flexibility index (Phi) is 6.56. The summed E-state index contributed by atoms with van der Waals surface area (Å²) < 4.78 is 6.16. The largest absolute Gasteiger partial charge is 0.490 e. The minimum atomic E-state index is 0.425. The van der Waals surface area contributed by atoms with Crippen molar-refractivity contribution < 1.29 is 4.74 Å². The fraction of sp³-hybridized carbons (Fsp3) is 0.684. The van der Waals surface area contributed by atoms with Crippen LogP contribution in [0.3, 0.4) is 0 Å². The first-order valence-corrected chi connectivity index (χ1v) is 8.76. The van der Waals surface area contributed by atoms with Crippen LogP contribution in [0, 0.1) is 5.92 Å². The van der Waals surface area contributed by atoms with Crippen molar-refractivity contribution >= 4 is 0 Å². The molecule has 1 aromatic carbocycles. The second-order valence-corrected chi connectivity index (χ2v) is 6.26. The zero-order valence-electron chi connectivity index (χ0n) is 13.9. The smallest absolute Gasteiger partial charge is 0.119 e. The summed E-state index contributed by atoms with van der Waals surface area (Å²) >= 11 is 0. The number of hydrogen-bond acceptors (Lipinski definition) is 2. The van der Waals surface area contributed by atoms with E-state index in [0.29, 0.717) is 12.1 Å². The molecular formula is C19H31NO. The maximum atomic E-state index is 6.16. The van der Waals surface area contributed by atoms with E-state index < -0.39 is 0 Å². The van der Waals surface area contributed by atoms with E-state index in [1.165, 1.54) is 37.7 Å². The summed E-state index contributed by atoms with van der Waals surface area (Å²) in [5, 5.41) is 3.52. The number of benzene rings is 1. The van der Waals surface area contributed by atoms with Crippen LogP contribution in [-0.2, 0) is 0 Å². The summed E-state index contributed by atoms with van der Waals surface area (Å²) in [5.41, 5.74) is 1.36. The van der Waals surface area contributed by atoms with Crippen LogP contribution in [0.4, 0.5) is 0 Å². The molecule has 0 aliphatic heterocycles. The van der Waals surface area contributed by atoms with E-state index in [-0.39, 0.29) is 0 Å². The van der Waals surface area contributed by atoms with Gasteiger partial charge in [-0.05, 0) is 62.3 Å². The lowest BCUT2D eigenvalue weighted by Crippen LogP contribution is -2.24. The third kappa shape index (κ3) is 4.74. The third-order valence-corrected chi connectivity index (χ3v) is 4.82. The fourth-order valence-corrected chi connectivity index (χ4v) is 3.37. The molecule has 0 amide bonds. The lowest BCUT2D eigenvalue weighted by Gasteiger charge is -2.28. The molecule has 1 atom stereocenters. The highest BCUT2D eigenvalue weighted by Crippen LogP contribution is 2.29. The first kappa shape index (κ1) is 16.4. The molecule has 1 aliphatic rings. The molecule has 0 saturated heterocycles. The molecule has 1 saturated carbocycles. The Bertz CT molecular complexity index is 393. The average Bonchev–Trinajstić information content (AvgIpc) is 2.54. The normalized spacial score (nSPS) is 23.8. The molecular weight excluding hydrogens is 258 g/mol. The first-order chi connectivity index (χ1) is 10.3. The van der Waals surface area contributed by atoms with Crippen LogP contribution >= 0.6 is 0 Å². The van der Waals surface area contributed by atoms with Gasteiger partial charge >= 0.3 is 0 Å². The van der Waals surface area contributed by atoms with Crippen LogP contribution in [0.5, 0.6) is 5.75 Å². The van der Waals surface area contributed by atoms with Crippen molar-refractivity contribution in [2.24, 2.45) is 5.92 Å². The van der Waals surface area contributed by atoms with Gasteiger partial charge in [0, 0.05) is 6.04 Å². The van der Waals surface area contributed by atoms with Crippen molar-refractivity contribution in [3.05, 3.63) is 29.8 Å². The van der Waals surface area contributed by atoms with Gasteiger partial charge in [0.25, 0.3) is 0 Å². The van der Waals surface area contributed by atoms with Crippen LogP contribution in [-0.4, -0.2) is 12.6 Å². The molecule has 1 aliphatic carbocycles. The Morgan fingerprint density at radius 2 is 1.71 bits per heavy atom. The van der Waals surface area contributed by atoms with Crippen LogP contribution in [0.25, 0.3) is 0 Å². The Labute approximate surface area is 130 Å². The summed E-state index contributed by atoms with van der Waals surface area (Å²) in [6.07, 6.45) is 7.97. The second kappa shape index (κ2) is 8.43. The molecule has 1 N–H and O–H groups in total. The molecule has 0 radical (unpaired) electrons. The molecule has 1 fully saturated rings. The lowest BCUT2D eigenvalue weighted by atomic mass is 9.86. The van der Waals surface area contributed by atoms with E-state index in [4.69, 9.17) is 4.74 Å². The quantitative estimate of drug-likeness (QED) is 0.754. The summed E-state index contributed by atoms with van der Waals surface area (Å²) in [5.74, 6) is 1.96. The summed E-state index contributed by atoms with van der Waals surface area (Å²) in [4.78, 5) is 0. The van der Waals surface area contributed by atoms with Gasteiger partial charge < -0.3 is 10.1 Å². The van der Waals surface area contributed by atoms with E-state index >= 15 is 0 Å². The number of rotatable bonds is 7. The van der Waals surface area contributed by atoms with Gasteiger partial charge in [-0.1, -0.05) is 39.3 Å². The molecule has 0 heterocycles. The van der Waals surface area contributed by atoms with Crippen LogP contribution < -0.4 is 10.1 Å². The Morgan fingerprint density at radius 3 is 2.24 bits per heavy atom. The minimum absolute atomic E-state index is 0.425. The fourth-order valence-electron chi connectivity index (χ4n) is 3.37. The SMILES string of the molecule is CCNC(CC)c1ccc(OC2CCC(CC)CC2)cc1. The lowest BCUT2D eigenvalue weighted by molar-refractivity contribution is 0.130. The maximum absolute atomic E-state index is 6.16. The van der Waals surface area contributed by atoms with E-state index in [2.05, 4.69) is 50.4 Å². The third-order valence-electron chi connectivity index (χ3n) is 4.82. The Morgan fingerprint density at radius 1 is 1.05 bits per heavy atom. The second-order valence-electron chi connectivity index (χ2n) is 6.26. The summed E-state index contributed by atoms with van der Waals surface area (Å²) in [6, 6.07) is 9.17. The predicted octanol–water partition coefficient (Wildman–Crippen LogP) is 5.09. The standard InChI is InChI=1S/C19H31NO/c1-4-15-7-11-17(12-8-15)21-18-13-9-16(10-14-18)19(5-2)20-6-3/h9-10,13-15,17,19-20H,4-8,11-12H2,1-3H3. The van der Waals surface area contributed by atoms with Gasteiger partial charge in [0.2, 0.25) is 0 Å². The molecule has 118 valence electrons. The number of nitrogens with one attached hydrogen (secondary N) is 1. The molecule has 21 heavy (non-hydrogen) atoms. The van der Waals surface area contributed by atoms with Gasteiger partial charge in [-0.3, -0.25) is 0 Å². The molecule has 2 rings (SSSR count). The number of hydrogen-bond donors (Lipinski definition) is 1. The summed E-state index contributed by atoms with van der Waals surface area (Å²) in [6.45, 7) is 7.70. The van der Waals surface area contributed by atoms with Crippen LogP contribution in [0.15, 0.2) is 24.3 Å². The maximum Gasteiger partial charge on any atom is 0.119 e. The summed E-state index contributed by atoms with van der Waals surface area (Å²) in [7, 11) is 0. The highest BCUT2D eigenvalue weighted by Gasteiger charge is 2.21. The first-order valence-electron chi connectivity index (χ1n) is 8.76.